The van der Waals surface area contributed by atoms with Crippen molar-refractivity contribution in [2.45, 2.75) is 18.9 Å². The molecule has 0 saturated carbocycles. The SMILES string of the molecule is CC(C(N)=O)(c1ccc(F)cc1Br)N1CCCNCC1. The Kier molecular flexibility index (Phi) is 4.78. The maximum atomic E-state index is 13.3. The minimum Gasteiger partial charge on any atom is -0.368 e. The van der Waals surface area contributed by atoms with Crippen molar-refractivity contribution in [1.82, 2.24) is 10.2 Å². The third kappa shape index (κ3) is 2.87. The predicted octanol–water partition coefficient (Wildman–Crippen LogP) is 1.58. The van der Waals surface area contributed by atoms with Crippen molar-refractivity contribution in [1.29, 1.82) is 0 Å². The van der Waals surface area contributed by atoms with Gasteiger partial charge in [0, 0.05) is 24.1 Å². The molecule has 1 fully saturated rings. The van der Waals surface area contributed by atoms with Crippen molar-refractivity contribution in [3.05, 3.63) is 34.1 Å². The zero-order valence-corrected chi connectivity index (χ0v) is 13.0. The van der Waals surface area contributed by atoms with Crippen LogP contribution in [0, 0.1) is 5.82 Å². The number of nitrogens with two attached hydrogens (primary N) is 1. The number of nitrogens with one attached hydrogen (secondary N) is 1. The van der Waals surface area contributed by atoms with Crippen LogP contribution >= 0.6 is 15.9 Å². The summed E-state index contributed by atoms with van der Waals surface area (Å²) in [4.78, 5) is 14.2. The van der Waals surface area contributed by atoms with Crippen molar-refractivity contribution in [3.8, 4) is 0 Å². The average Bonchev–Trinajstić information content (AvgIpc) is 2.66. The summed E-state index contributed by atoms with van der Waals surface area (Å²) in [6.45, 7) is 5.04. The minimum atomic E-state index is -0.946. The zero-order valence-electron chi connectivity index (χ0n) is 11.5. The highest BCUT2D eigenvalue weighted by Gasteiger charge is 2.41. The molecule has 1 saturated heterocycles. The van der Waals surface area contributed by atoms with Crippen molar-refractivity contribution in [2.24, 2.45) is 5.73 Å². The second kappa shape index (κ2) is 6.20. The van der Waals surface area contributed by atoms with Crippen LogP contribution in [-0.4, -0.2) is 37.0 Å². The van der Waals surface area contributed by atoms with E-state index in [1.54, 1.807) is 13.0 Å². The number of amides is 1. The molecule has 1 amide bonds. The molecule has 1 aromatic carbocycles. The smallest absolute Gasteiger partial charge is 0.242 e. The van der Waals surface area contributed by atoms with Crippen LogP contribution < -0.4 is 11.1 Å². The number of hydrogen-bond donors (Lipinski definition) is 2. The molecule has 1 aliphatic rings. The molecule has 3 N–H and O–H groups in total. The van der Waals surface area contributed by atoms with E-state index in [9.17, 15) is 9.18 Å². The van der Waals surface area contributed by atoms with Crippen LogP contribution in [0.3, 0.4) is 0 Å². The van der Waals surface area contributed by atoms with Gasteiger partial charge in [-0.1, -0.05) is 22.0 Å². The van der Waals surface area contributed by atoms with Crippen LogP contribution in [0.5, 0.6) is 0 Å². The highest BCUT2D eigenvalue weighted by atomic mass is 79.9. The molecule has 0 spiro atoms. The molecule has 2 rings (SSSR count). The highest BCUT2D eigenvalue weighted by molar-refractivity contribution is 9.10. The maximum absolute atomic E-state index is 13.3. The van der Waals surface area contributed by atoms with Gasteiger partial charge in [0.1, 0.15) is 11.4 Å². The molecule has 1 heterocycles. The van der Waals surface area contributed by atoms with E-state index >= 15 is 0 Å². The summed E-state index contributed by atoms with van der Waals surface area (Å²) < 4.78 is 13.8. The average molecular weight is 344 g/mol. The van der Waals surface area contributed by atoms with E-state index in [4.69, 9.17) is 5.73 Å². The first-order chi connectivity index (χ1) is 9.46. The number of primary amides is 1. The summed E-state index contributed by atoms with van der Waals surface area (Å²) in [7, 11) is 0. The van der Waals surface area contributed by atoms with E-state index in [-0.39, 0.29) is 5.82 Å². The van der Waals surface area contributed by atoms with Crippen LogP contribution in [0.1, 0.15) is 18.9 Å². The summed E-state index contributed by atoms with van der Waals surface area (Å²) >= 11 is 3.35. The lowest BCUT2D eigenvalue weighted by atomic mass is 9.88. The molecule has 4 nitrogen and oxygen atoms in total. The Bertz CT molecular complexity index is 503. The summed E-state index contributed by atoms with van der Waals surface area (Å²) in [5.74, 6) is -0.767. The van der Waals surface area contributed by atoms with Crippen LogP contribution in [-0.2, 0) is 10.3 Å². The molecule has 0 radical (unpaired) electrons. The Morgan fingerprint density at radius 1 is 1.45 bits per heavy atom. The lowest BCUT2D eigenvalue weighted by Crippen LogP contribution is -2.54. The standard InChI is InChI=1S/C14H19BrFN3O/c1-14(13(17)20,19-7-2-5-18-6-8-19)11-4-3-10(16)9-12(11)15/h3-4,9,18H,2,5-8H2,1H3,(H2,17,20). The van der Waals surface area contributed by atoms with E-state index in [2.05, 4.69) is 26.1 Å². The van der Waals surface area contributed by atoms with Crippen molar-refractivity contribution >= 4 is 21.8 Å². The zero-order chi connectivity index (χ0) is 14.8. The lowest BCUT2D eigenvalue weighted by molar-refractivity contribution is -0.130. The lowest BCUT2D eigenvalue weighted by Gasteiger charge is -2.39. The van der Waals surface area contributed by atoms with Gasteiger partial charge in [-0.3, -0.25) is 9.69 Å². The third-order valence-corrected chi connectivity index (χ3v) is 4.56. The fourth-order valence-electron chi connectivity index (χ4n) is 2.64. The van der Waals surface area contributed by atoms with Crippen molar-refractivity contribution in [2.75, 3.05) is 26.2 Å². The van der Waals surface area contributed by atoms with Gasteiger partial charge < -0.3 is 11.1 Å². The second-order valence-corrected chi connectivity index (χ2v) is 6.01. The van der Waals surface area contributed by atoms with Gasteiger partial charge in [-0.15, -0.1) is 0 Å². The Labute approximate surface area is 126 Å². The van der Waals surface area contributed by atoms with Crippen molar-refractivity contribution < 1.29 is 9.18 Å². The number of halogens is 2. The van der Waals surface area contributed by atoms with Crippen LogP contribution in [0.25, 0.3) is 0 Å². The van der Waals surface area contributed by atoms with E-state index < -0.39 is 11.4 Å². The Morgan fingerprint density at radius 2 is 2.20 bits per heavy atom. The van der Waals surface area contributed by atoms with Crippen molar-refractivity contribution in [3.63, 3.8) is 0 Å². The normalized spacial score (nSPS) is 20.1. The number of benzene rings is 1. The first kappa shape index (κ1) is 15.4. The summed E-state index contributed by atoms with van der Waals surface area (Å²) in [6, 6.07) is 4.35. The summed E-state index contributed by atoms with van der Waals surface area (Å²) in [5, 5.41) is 3.30. The Balaban J connectivity index is 2.44. The number of carbonyl (C=O) groups excluding carboxylic acids is 1. The summed E-state index contributed by atoms with van der Waals surface area (Å²) in [6.07, 6.45) is 0.946. The molecule has 0 aromatic heterocycles. The fourth-order valence-corrected chi connectivity index (χ4v) is 3.37. The monoisotopic (exact) mass is 343 g/mol. The van der Waals surface area contributed by atoms with Gasteiger partial charge in [0.25, 0.3) is 0 Å². The molecule has 20 heavy (non-hydrogen) atoms. The van der Waals surface area contributed by atoms with Crippen LogP contribution in [0.15, 0.2) is 22.7 Å². The van der Waals surface area contributed by atoms with E-state index in [0.29, 0.717) is 10.0 Å². The number of rotatable bonds is 3. The third-order valence-electron chi connectivity index (χ3n) is 3.91. The molecule has 1 atom stereocenters. The first-order valence-corrected chi connectivity index (χ1v) is 7.46. The highest BCUT2D eigenvalue weighted by Crippen LogP contribution is 2.34. The van der Waals surface area contributed by atoms with E-state index in [1.165, 1.54) is 12.1 Å². The van der Waals surface area contributed by atoms with E-state index in [0.717, 1.165) is 32.6 Å². The molecular weight excluding hydrogens is 325 g/mol. The van der Waals surface area contributed by atoms with Gasteiger partial charge in [0.05, 0.1) is 0 Å². The number of carbonyl (C=O) groups is 1. The molecule has 110 valence electrons. The summed E-state index contributed by atoms with van der Waals surface area (Å²) in [5.41, 5.74) is 5.43. The molecule has 0 bridgehead atoms. The van der Waals surface area contributed by atoms with Gasteiger partial charge >= 0.3 is 0 Å². The van der Waals surface area contributed by atoms with Gasteiger partial charge in [-0.25, -0.2) is 4.39 Å². The first-order valence-electron chi connectivity index (χ1n) is 6.67. The topological polar surface area (TPSA) is 58.4 Å². The molecular formula is C14H19BrFN3O. The molecule has 0 aliphatic carbocycles. The van der Waals surface area contributed by atoms with Gasteiger partial charge in [0.2, 0.25) is 5.91 Å². The molecule has 1 unspecified atom stereocenters. The number of nitrogens with zero attached hydrogens (tertiary/aromatic N) is 1. The predicted molar refractivity (Wildman–Crippen MR) is 79.7 cm³/mol. The second-order valence-electron chi connectivity index (χ2n) is 5.15. The van der Waals surface area contributed by atoms with Gasteiger partial charge in [-0.2, -0.15) is 0 Å². The maximum Gasteiger partial charge on any atom is 0.242 e. The Morgan fingerprint density at radius 3 is 2.85 bits per heavy atom. The Hall–Kier alpha value is -0.980. The van der Waals surface area contributed by atoms with Gasteiger partial charge in [-0.05, 0) is 37.6 Å². The minimum absolute atomic E-state index is 0.343. The van der Waals surface area contributed by atoms with E-state index in [1.807, 2.05) is 0 Å². The van der Waals surface area contributed by atoms with Gasteiger partial charge in [0.15, 0.2) is 0 Å². The molecule has 1 aliphatic heterocycles. The largest absolute Gasteiger partial charge is 0.368 e. The van der Waals surface area contributed by atoms with Crippen LogP contribution in [0.4, 0.5) is 4.39 Å². The fraction of sp³-hybridized carbons (Fsp3) is 0.500. The molecule has 6 heteroatoms. The quantitative estimate of drug-likeness (QED) is 0.876. The van der Waals surface area contributed by atoms with Crippen LogP contribution in [0.2, 0.25) is 0 Å². The number of hydrogen-bond acceptors (Lipinski definition) is 3. The molecule has 1 aromatic rings.